The van der Waals surface area contributed by atoms with Crippen LogP contribution in [0.15, 0.2) is 29.6 Å². The molecule has 0 saturated heterocycles. The molecule has 1 aromatic heterocycles. The third-order valence-electron chi connectivity index (χ3n) is 2.55. The number of hydrogen-bond acceptors (Lipinski definition) is 4. The maximum atomic E-state index is 12.0. The van der Waals surface area contributed by atoms with E-state index in [9.17, 15) is 14.7 Å². The van der Waals surface area contributed by atoms with Crippen molar-refractivity contribution in [1.29, 1.82) is 0 Å². The summed E-state index contributed by atoms with van der Waals surface area (Å²) in [6, 6.07) is 5.74. The zero-order chi connectivity index (χ0) is 14.0. The van der Waals surface area contributed by atoms with Crippen molar-refractivity contribution >= 4 is 28.9 Å². The number of thiophene rings is 1. The van der Waals surface area contributed by atoms with Crippen molar-refractivity contribution in [3.63, 3.8) is 0 Å². The summed E-state index contributed by atoms with van der Waals surface area (Å²) in [5.41, 5.74) is 0.938. The maximum absolute atomic E-state index is 12.0. The summed E-state index contributed by atoms with van der Waals surface area (Å²) in [6.07, 6.45) is 0. The lowest BCUT2D eigenvalue weighted by Gasteiger charge is -2.06. The molecule has 0 saturated carbocycles. The highest BCUT2D eigenvalue weighted by atomic mass is 32.1. The van der Waals surface area contributed by atoms with Crippen LogP contribution < -0.4 is 5.32 Å². The van der Waals surface area contributed by atoms with Crippen LogP contribution in [0.25, 0.3) is 0 Å². The largest absolute Gasteiger partial charge is 0.507 e. The molecule has 0 radical (unpaired) electrons. The van der Waals surface area contributed by atoms with Gasteiger partial charge in [-0.1, -0.05) is 0 Å². The lowest BCUT2D eigenvalue weighted by Crippen LogP contribution is -2.12. The topological polar surface area (TPSA) is 86.6 Å². The van der Waals surface area contributed by atoms with Crippen LogP contribution in [0.4, 0.5) is 5.69 Å². The third-order valence-corrected chi connectivity index (χ3v) is 3.57. The van der Waals surface area contributed by atoms with Crippen LogP contribution >= 0.6 is 11.3 Å². The zero-order valence-electron chi connectivity index (χ0n) is 10.0. The number of nitrogens with one attached hydrogen (secondary N) is 1. The van der Waals surface area contributed by atoms with Gasteiger partial charge in [0.05, 0.1) is 4.88 Å². The summed E-state index contributed by atoms with van der Waals surface area (Å²) in [7, 11) is 0. The number of aromatic carboxylic acids is 1. The summed E-state index contributed by atoms with van der Waals surface area (Å²) in [5, 5.41) is 22.7. The molecule has 0 bridgehead atoms. The molecule has 0 aliphatic heterocycles. The first-order valence-corrected chi connectivity index (χ1v) is 6.28. The average Bonchev–Trinajstić information content (AvgIpc) is 2.77. The number of phenols is 1. The number of anilines is 1. The van der Waals surface area contributed by atoms with E-state index in [1.165, 1.54) is 29.5 Å². The lowest BCUT2D eigenvalue weighted by molar-refractivity contribution is 0.0693. The number of carboxylic acid groups (broad SMARTS) is 1. The Bertz CT molecular complexity index is 648. The smallest absolute Gasteiger partial charge is 0.339 e. The number of benzene rings is 1. The summed E-state index contributed by atoms with van der Waals surface area (Å²) in [6.45, 7) is 1.82. The van der Waals surface area contributed by atoms with Crippen LogP contribution in [-0.2, 0) is 0 Å². The van der Waals surface area contributed by atoms with Gasteiger partial charge in [0.25, 0.3) is 5.91 Å². The van der Waals surface area contributed by atoms with Gasteiger partial charge in [-0.25, -0.2) is 4.79 Å². The highest BCUT2D eigenvalue weighted by Crippen LogP contribution is 2.23. The van der Waals surface area contributed by atoms with Crippen LogP contribution in [0, 0.1) is 6.92 Å². The second kappa shape index (κ2) is 5.11. The summed E-state index contributed by atoms with van der Waals surface area (Å²) >= 11 is 1.31. The molecule has 2 rings (SSSR count). The first-order valence-electron chi connectivity index (χ1n) is 5.41. The van der Waals surface area contributed by atoms with E-state index < -0.39 is 5.97 Å². The number of aryl methyl sites for hydroxylation is 1. The molecule has 3 N–H and O–H groups in total. The number of hydrogen-bond donors (Lipinski definition) is 3. The first kappa shape index (κ1) is 13.1. The minimum Gasteiger partial charge on any atom is -0.507 e. The Balaban J connectivity index is 2.25. The van der Waals surface area contributed by atoms with Crippen LogP contribution in [0.5, 0.6) is 5.75 Å². The highest BCUT2D eigenvalue weighted by Gasteiger charge is 2.14. The number of rotatable bonds is 3. The molecule has 1 heterocycles. The van der Waals surface area contributed by atoms with E-state index in [-0.39, 0.29) is 17.2 Å². The number of carboxylic acids is 1. The molecule has 1 amide bonds. The van der Waals surface area contributed by atoms with E-state index in [4.69, 9.17) is 5.11 Å². The van der Waals surface area contributed by atoms with E-state index >= 15 is 0 Å². The zero-order valence-corrected chi connectivity index (χ0v) is 10.8. The van der Waals surface area contributed by atoms with Gasteiger partial charge < -0.3 is 15.5 Å². The van der Waals surface area contributed by atoms with Crippen LogP contribution in [0.2, 0.25) is 0 Å². The van der Waals surface area contributed by atoms with E-state index in [1.807, 2.05) is 18.4 Å². The SMILES string of the molecule is Cc1ccsc1C(=O)Nc1ccc(O)c(C(=O)O)c1. The second-order valence-corrected chi connectivity index (χ2v) is 4.84. The monoisotopic (exact) mass is 277 g/mol. The average molecular weight is 277 g/mol. The first-order chi connectivity index (χ1) is 8.99. The lowest BCUT2D eigenvalue weighted by atomic mass is 10.1. The van der Waals surface area contributed by atoms with Crippen molar-refractivity contribution in [2.45, 2.75) is 6.92 Å². The molecule has 2 aromatic rings. The molecule has 0 unspecified atom stereocenters. The molecule has 98 valence electrons. The van der Waals surface area contributed by atoms with E-state index in [2.05, 4.69) is 5.32 Å². The molecular formula is C13H11NO4S. The molecule has 5 nitrogen and oxygen atoms in total. The minimum atomic E-state index is -1.25. The summed E-state index contributed by atoms with van der Waals surface area (Å²) in [5.74, 6) is -1.88. The van der Waals surface area contributed by atoms with Gasteiger partial charge in [-0.3, -0.25) is 4.79 Å². The van der Waals surface area contributed by atoms with Crippen molar-refractivity contribution in [1.82, 2.24) is 0 Å². The molecule has 0 fully saturated rings. The van der Waals surface area contributed by atoms with Crippen molar-refractivity contribution in [3.05, 3.63) is 45.6 Å². The fraction of sp³-hybridized carbons (Fsp3) is 0.0769. The molecule has 6 heteroatoms. The fourth-order valence-corrected chi connectivity index (χ4v) is 2.40. The number of aromatic hydroxyl groups is 1. The number of amides is 1. The van der Waals surface area contributed by atoms with Crippen molar-refractivity contribution in [3.8, 4) is 5.75 Å². The second-order valence-electron chi connectivity index (χ2n) is 3.92. The quantitative estimate of drug-likeness (QED) is 0.753. The fourth-order valence-electron chi connectivity index (χ4n) is 1.58. The number of carbonyl (C=O) groups excluding carboxylic acids is 1. The predicted octanol–water partition coefficient (Wildman–Crippen LogP) is 2.71. The van der Waals surface area contributed by atoms with Gasteiger partial charge in [0.1, 0.15) is 11.3 Å². The molecule has 0 spiro atoms. The maximum Gasteiger partial charge on any atom is 0.339 e. The molecule has 0 aliphatic rings. The minimum absolute atomic E-state index is 0.249. The standard InChI is InChI=1S/C13H11NO4S/c1-7-4-5-19-11(7)12(16)14-8-2-3-10(15)9(6-8)13(17)18/h2-6,15H,1H3,(H,14,16)(H,17,18). The van der Waals surface area contributed by atoms with Crippen molar-refractivity contribution in [2.24, 2.45) is 0 Å². The molecular weight excluding hydrogens is 266 g/mol. The normalized spacial score (nSPS) is 10.2. The Labute approximate surface area is 113 Å². The van der Waals surface area contributed by atoms with Crippen LogP contribution in [-0.4, -0.2) is 22.1 Å². The molecule has 1 aromatic carbocycles. The van der Waals surface area contributed by atoms with E-state index in [1.54, 1.807) is 0 Å². The molecule has 19 heavy (non-hydrogen) atoms. The molecule has 0 aliphatic carbocycles. The third kappa shape index (κ3) is 2.74. The Morgan fingerprint density at radius 3 is 2.58 bits per heavy atom. The van der Waals surface area contributed by atoms with Gasteiger partial charge in [-0.2, -0.15) is 0 Å². The van der Waals surface area contributed by atoms with Crippen molar-refractivity contribution in [2.75, 3.05) is 5.32 Å². The Hall–Kier alpha value is -2.34. The summed E-state index contributed by atoms with van der Waals surface area (Å²) in [4.78, 5) is 23.4. The Morgan fingerprint density at radius 2 is 2.00 bits per heavy atom. The van der Waals surface area contributed by atoms with Gasteiger partial charge in [0.2, 0.25) is 0 Å². The van der Waals surface area contributed by atoms with Gasteiger partial charge in [-0.05, 0) is 42.1 Å². The van der Waals surface area contributed by atoms with E-state index in [0.29, 0.717) is 10.6 Å². The Kier molecular flexibility index (Phi) is 3.52. The highest BCUT2D eigenvalue weighted by molar-refractivity contribution is 7.12. The summed E-state index contributed by atoms with van der Waals surface area (Å²) < 4.78 is 0. The van der Waals surface area contributed by atoms with Gasteiger partial charge in [0, 0.05) is 5.69 Å². The van der Waals surface area contributed by atoms with Crippen molar-refractivity contribution < 1.29 is 19.8 Å². The van der Waals surface area contributed by atoms with Crippen LogP contribution in [0.3, 0.4) is 0 Å². The molecule has 0 atom stereocenters. The van der Waals surface area contributed by atoms with E-state index in [0.717, 1.165) is 5.56 Å². The van der Waals surface area contributed by atoms with Gasteiger partial charge in [-0.15, -0.1) is 11.3 Å². The Morgan fingerprint density at radius 1 is 1.26 bits per heavy atom. The predicted molar refractivity (Wildman–Crippen MR) is 72.1 cm³/mol. The van der Waals surface area contributed by atoms with Gasteiger partial charge >= 0.3 is 5.97 Å². The number of carbonyl (C=O) groups is 2. The van der Waals surface area contributed by atoms with Crippen LogP contribution in [0.1, 0.15) is 25.6 Å². The van der Waals surface area contributed by atoms with Gasteiger partial charge in [0.15, 0.2) is 0 Å².